The molecule has 0 bridgehead atoms. The van der Waals surface area contributed by atoms with Crippen LogP contribution >= 0.6 is 0 Å². The summed E-state index contributed by atoms with van der Waals surface area (Å²) in [6.07, 6.45) is 2.80. The van der Waals surface area contributed by atoms with Gasteiger partial charge in [0.15, 0.2) is 0 Å². The number of piperidine rings is 1. The molecule has 2 rings (SSSR count). The topological polar surface area (TPSA) is 21.8 Å². The lowest BCUT2D eigenvalue weighted by atomic mass is 9.96. The molecule has 2 saturated heterocycles. The molecule has 0 aromatic rings. The summed E-state index contributed by atoms with van der Waals surface area (Å²) in [4.78, 5) is 7.77. The Morgan fingerprint density at radius 1 is 0.947 bits per heavy atom. The third-order valence-corrected chi connectivity index (χ3v) is 4.67. The maximum Gasteiger partial charge on any atom is 0.0110 e. The van der Waals surface area contributed by atoms with E-state index in [9.17, 15) is 0 Å². The second-order valence-corrected chi connectivity index (χ2v) is 6.24. The van der Waals surface area contributed by atoms with Gasteiger partial charge in [0.2, 0.25) is 0 Å². The zero-order chi connectivity index (χ0) is 13.5. The fourth-order valence-electron chi connectivity index (χ4n) is 3.22. The van der Waals surface area contributed by atoms with E-state index in [0.717, 1.165) is 19.0 Å². The Labute approximate surface area is 119 Å². The fourth-order valence-corrected chi connectivity index (χ4v) is 3.22. The molecule has 0 amide bonds. The van der Waals surface area contributed by atoms with Gasteiger partial charge in [0.25, 0.3) is 0 Å². The van der Waals surface area contributed by atoms with E-state index >= 15 is 0 Å². The molecular weight excluding hydrogens is 236 g/mol. The van der Waals surface area contributed by atoms with Gasteiger partial charge in [-0.1, -0.05) is 6.92 Å². The molecule has 2 heterocycles. The molecule has 0 atom stereocenters. The third kappa shape index (κ3) is 5.38. The Hall–Kier alpha value is -0.160. The van der Waals surface area contributed by atoms with Crippen molar-refractivity contribution in [1.29, 1.82) is 0 Å². The summed E-state index contributed by atoms with van der Waals surface area (Å²) in [6.45, 7) is 14.7. The van der Waals surface area contributed by atoms with Crippen molar-refractivity contribution in [2.24, 2.45) is 5.92 Å². The Kier molecular flexibility index (Phi) is 6.57. The average Bonchev–Trinajstić information content (AvgIpc) is 2.44. The highest BCUT2D eigenvalue weighted by Gasteiger charge is 2.22. The molecule has 2 aliphatic rings. The van der Waals surface area contributed by atoms with Crippen molar-refractivity contribution >= 4 is 0 Å². The van der Waals surface area contributed by atoms with Crippen molar-refractivity contribution in [3.63, 3.8) is 0 Å². The van der Waals surface area contributed by atoms with Crippen molar-refractivity contribution in [1.82, 2.24) is 20.0 Å². The summed E-state index contributed by atoms with van der Waals surface area (Å²) in [5.41, 5.74) is 0. The van der Waals surface area contributed by atoms with E-state index in [4.69, 9.17) is 0 Å². The zero-order valence-corrected chi connectivity index (χ0v) is 12.9. The standard InChI is InChI=1S/C15H32N4/c1-3-16-6-9-18-10-12-19(13-11-18)14-15-4-7-17(2)8-5-15/h15-16H,3-14H2,1-2H3. The van der Waals surface area contributed by atoms with Crippen LogP contribution in [-0.2, 0) is 0 Å². The number of likely N-dealkylation sites (N-methyl/N-ethyl adjacent to an activating group) is 1. The highest BCUT2D eigenvalue weighted by atomic mass is 15.3. The first kappa shape index (κ1) is 15.2. The lowest BCUT2D eigenvalue weighted by molar-refractivity contribution is 0.100. The Morgan fingerprint density at radius 2 is 1.58 bits per heavy atom. The second kappa shape index (κ2) is 8.20. The van der Waals surface area contributed by atoms with Crippen molar-refractivity contribution in [2.75, 3.05) is 72.5 Å². The van der Waals surface area contributed by atoms with E-state index in [0.29, 0.717) is 0 Å². The van der Waals surface area contributed by atoms with Crippen molar-refractivity contribution in [2.45, 2.75) is 19.8 Å². The quantitative estimate of drug-likeness (QED) is 0.710. The smallest absolute Gasteiger partial charge is 0.0110 e. The highest BCUT2D eigenvalue weighted by molar-refractivity contribution is 4.77. The third-order valence-electron chi connectivity index (χ3n) is 4.67. The predicted molar refractivity (Wildman–Crippen MR) is 81.6 cm³/mol. The van der Waals surface area contributed by atoms with Crippen LogP contribution in [0.15, 0.2) is 0 Å². The highest BCUT2D eigenvalue weighted by Crippen LogP contribution is 2.18. The molecule has 2 fully saturated rings. The van der Waals surface area contributed by atoms with Crippen LogP contribution in [0.2, 0.25) is 0 Å². The van der Waals surface area contributed by atoms with E-state index in [2.05, 4.69) is 34.0 Å². The first-order valence-electron chi connectivity index (χ1n) is 8.12. The largest absolute Gasteiger partial charge is 0.316 e. The summed E-state index contributed by atoms with van der Waals surface area (Å²) >= 11 is 0. The van der Waals surface area contributed by atoms with Gasteiger partial charge in [-0.15, -0.1) is 0 Å². The van der Waals surface area contributed by atoms with E-state index in [-0.39, 0.29) is 0 Å². The van der Waals surface area contributed by atoms with E-state index in [1.807, 2.05) is 0 Å². The second-order valence-electron chi connectivity index (χ2n) is 6.24. The molecular formula is C15H32N4. The summed E-state index contributed by atoms with van der Waals surface area (Å²) in [7, 11) is 2.25. The minimum atomic E-state index is 0.949. The van der Waals surface area contributed by atoms with Crippen molar-refractivity contribution in [3.8, 4) is 0 Å². The number of nitrogens with zero attached hydrogens (tertiary/aromatic N) is 3. The molecule has 112 valence electrons. The maximum absolute atomic E-state index is 3.42. The number of hydrogen-bond acceptors (Lipinski definition) is 4. The van der Waals surface area contributed by atoms with Crippen LogP contribution in [0.3, 0.4) is 0 Å². The summed E-state index contributed by atoms with van der Waals surface area (Å²) in [5, 5.41) is 3.42. The van der Waals surface area contributed by atoms with Gasteiger partial charge < -0.3 is 15.1 Å². The lowest BCUT2D eigenvalue weighted by Gasteiger charge is -2.38. The fraction of sp³-hybridized carbons (Fsp3) is 1.00. The van der Waals surface area contributed by atoms with Crippen LogP contribution in [0.25, 0.3) is 0 Å². The Morgan fingerprint density at radius 3 is 2.21 bits per heavy atom. The van der Waals surface area contributed by atoms with Crippen molar-refractivity contribution < 1.29 is 0 Å². The zero-order valence-electron chi connectivity index (χ0n) is 12.9. The molecule has 2 aliphatic heterocycles. The van der Waals surface area contributed by atoms with E-state index in [1.165, 1.54) is 65.2 Å². The van der Waals surface area contributed by atoms with Crippen LogP contribution in [0.1, 0.15) is 19.8 Å². The van der Waals surface area contributed by atoms with Crippen molar-refractivity contribution in [3.05, 3.63) is 0 Å². The van der Waals surface area contributed by atoms with Gasteiger partial charge in [-0.2, -0.15) is 0 Å². The molecule has 0 spiro atoms. The molecule has 0 saturated carbocycles. The normalized spacial score (nSPS) is 24.9. The maximum atomic E-state index is 3.42. The SMILES string of the molecule is CCNCCN1CCN(CC2CCN(C)CC2)CC1. The van der Waals surface area contributed by atoms with Gasteiger partial charge in [-0.05, 0) is 45.4 Å². The molecule has 0 unspecified atom stereocenters. The summed E-state index contributed by atoms with van der Waals surface area (Å²) in [5.74, 6) is 0.949. The monoisotopic (exact) mass is 268 g/mol. The van der Waals surface area contributed by atoms with Crippen LogP contribution in [-0.4, -0.2) is 87.2 Å². The molecule has 0 aromatic carbocycles. The van der Waals surface area contributed by atoms with Crippen LogP contribution in [0.5, 0.6) is 0 Å². The van der Waals surface area contributed by atoms with Gasteiger partial charge in [0.1, 0.15) is 0 Å². The molecule has 19 heavy (non-hydrogen) atoms. The van der Waals surface area contributed by atoms with Gasteiger partial charge >= 0.3 is 0 Å². The molecule has 0 radical (unpaired) electrons. The van der Waals surface area contributed by atoms with Crippen LogP contribution < -0.4 is 5.32 Å². The number of rotatable bonds is 6. The summed E-state index contributed by atoms with van der Waals surface area (Å²) in [6, 6.07) is 0. The lowest BCUT2D eigenvalue weighted by Crippen LogP contribution is -2.49. The van der Waals surface area contributed by atoms with Crippen LogP contribution in [0.4, 0.5) is 0 Å². The first-order chi connectivity index (χ1) is 9.28. The molecule has 0 aliphatic carbocycles. The van der Waals surface area contributed by atoms with Gasteiger partial charge in [0, 0.05) is 45.8 Å². The van der Waals surface area contributed by atoms with E-state index in [1.54, 1.807) is 0 Å². The average molecular weight is 268 g/mol. The predicted octanol–water partition coefficient (Wildman–Crippen LogP) is 0.555. The first-order valence-corrected chi connectivity index (χ1v) is 8.12. The number of hydrogen-bond donors (Lipinski definition) is 1. The Bertz CT molecular complexity index is 230. The number of nitrogens with one attached hydrogen (secondary N) is 1. The minimum Gasteiger partial charge on any atom is -0.316 e. The van der Waals surface area contributed by atoms with Gasteiger partial charge in [-0.25, -0.2) is 0 Å². The molecule has 4 heteroatoms. The number of piperazine rings is 1. The number of likely N-dealkylation sites (tertiary alicyclic amines) is 1. The molecule has 1 N–H and O–H groups in total. The van der Waals surface area contributed by atoms with E-state index < -0.39 is 0 Å². The molecule has 0 aromatic heterocycles. The van der Waals surface area contributed by atoms with Gasteiger partial charge in [-0.3, -0.25) is 4.90 Å². The molecule has 4 nitrogen and oxygen atoms in total. The van der Waals surface area contributed by atoms with Crippen LogP contribution in [0, 0.1) is 5.92 Å². The summed E-state index contributed by atoms with van der Waals surface area (Å²) < 4.78 is 0. The minimum absolute atomic E-state index is 0.949. The Balaban J connectivity index is 1.58. The van der Waals surface area contributed by atoms with Gasteiger partial charge in [0.05, 0.1) is 0 Å².